The van der Waals surface area contributed by atoms with E-state index in [4.69, 9.17) is 0 Å². The molecular formula is C14H18F2O2. The molecule has 18 heavy (non-hydrogen) atoms. The summed E-state index contributed by atoms with van der Waals surface area (Å²) in [6.45, 7) is 3.46. The van der Waals surface area contributed by atoms with Crippen molar-refractivity contribution in [1.29, 1.82) is 0 Å². The van der Waals surface area contributed by atoms with Crippen molar-refractivity contribution in [2.24, 2.45) is 0 Å². The number of unbranched alkanes of at least 4 members (excludes halogenated alkanes) is 1. The number of carbonyl (C=O) groups is 1. The number of hydrogen-bond acceptors (Lipinski definition) is 2. The fourth-order valence-electron chi connectivity index (χ4n) is 1.88. The lowest BCUT2D eigenvalue weighted by atomic mass is 9.92. The fourth-order valence-corrected chi connectivity index (χ4v) is 1.88. The van der Waals surface area contributed by atoms with Crippen LogP contribution in [0.2, 0.25) is 0 Å². The van der Waals surface area contributed by atoms with Gasteiger partial charge < -0.3 is 4.74 Å². The van der Waals surface area contributed by atoms with Crippen LogP contribution >= 0.6 is 0 Å². The van der Waals surface area contributed by atoms with Gasteiger partial charge in [-0.2, -0.15) is 0 Å². The molecule has 0 N–H and O–H groups in total. The van der Waals surface area contributed by atoms with Crippen LogP contribution in [0.4, 0.5) is 8.78 Å². The van der Waals surface area contributed by atoms with Gasteiger partial charge in [0.25, 0.3) is 0 Å². The summed E-state index contributed by atoms with van der Waals surface area (Å²) >= 11 is 0. The Morgan fingerprint density at radius 2 is 2.00 bits per heavy atom. The van der Waals surface area contributed by atoms with Gasteiger partial charge in [0.2, 0.25) is 0 Å². The molecule has 0 spiro atoms. The Kier molecular flexibility index (Phi) is 5.25. The minimum atomic E-state index is -0.943. The smallest absolute Gasteiger partial charge is 0.313 e. The van der Waals surface area contributed by atoms with Crippen LogP contribution in [0.15, 0.2) is 12.1 Å². The molecule has 0 bridgehead atoms. The third-order valence-electron chi connectivity index (χ3n) is 3.01. The Hall–Kier alpha value is -1.45. The maximum Gasteiger partial charge on any atom is 0.313 e. The summed E-state index contributed by atoms with van der Waals surface area (Å²) in [5.74, 6) is -3.09. The van der Waals surface area contributed by atoms with Crippen LogP contribution in [0.5, 0.6) is 0 Å². The van der Waals surface area contributed by atoms with Crippen LogP contribution in [0.1, 0.15) is 43.2 Å². The molecule has 1 unspecified atom stereocenters. The molecule has 0 aromatic heterocycles. The fraction of sp³-hybridized carbons (Fsp3) is 0.500. The average Bonchev–Trinajstić information content (AvgIpc) is 2.38. The first-order chi connectivity index (χ1) is 8.52. The quantitative estimate of drug-likeness (QED) is 0.750. The first-order valence-corrected chi connectivity index (χ1v) is 6.05. The van der Waals surface area contributed by atoms with Gasteiger partial charge in [-0.3, -0.25) is 4.79 Å². The molecule has 0 aliphatic heterocycles. The lowest BCUT2D eigenvalue weighted by molar-refractivity contribution is -0.142. The summed E-state index contributed by atoms with van der Waals surface area (Å²) in [6.07, 6.45) is 2.10. The highest BCUT2D eigenvalue weighted by Gasteiger charge is 2.26. The summed E-state index contributed by atoms with van der Waals surface area (Å²) in [5, 5.41) is 0. The third kappa shape index (κ3) is 3.06. The zero-order chi connectivity index (χ0) is 13.7. The van der Waals surface area contributed by atoms with E-state index in [2.05, 4.69) is 4.74 Å². The molecule has 0 radical (unpaired) electrons. The Morgan fingerprint density at radius 3 is 2.56 bits per heavy atom. The van der Waals surface area contributed by atoms with E-state index in [0.717, 1.165) is 12.8 Å². The van der Waals surface area contributed by atoms with E-state index in [-0.39, 0.29) is 11.1 Å². The Labute approximate surface area is 106 Å². The van der Waals surface area contributed by atoms with Crippen molar-refractivity contribution in [2.45, 2.75) is 39.0 Å². The molecule has 1 aromatic rings. The predicted octanol–water partition coefficient (Wildman–Crippen LogP) is 3.72. The van der Waals surface area contributed by atoms with Crippen molar-refractivity contribution in [3.63, 3.8) is 0 Å². The van der Waals surface area contributed by atoms with E-state index in [1.807, 2.05) is 6.92 Å². The number of methoxy groups -OCH3 is 1. The second kappa shape index (κ2) is 6.47. The molecule has 0 aliphatic carbocycles. The second-order valence-corrected chi connectivity index (χ2v) is 4.32. The first kappa shape index (κ1) is 14.6. The molecule has 0 saturated heterocycles. The summed E-state index contributed by atoms with van der Waals surface area (Å²) < 4.78 is 32.0. The van der Waals surface area contributed by atoms with Crippen molar-refractivity contribution in [2.75, 3.05) is 7.11 Å². The van der Waals surface area contributed by atoms with Crippen molar-refractivity contribution >= 4 is 5.97 Å². The number of aryl methyl sites for hydroxylation is 1. The van der Waals surface area contributed by atoms with Crippen LogP contribution in [-0.2, 0) is 9.53 Å². The van der Waals surface area contributed by atoms with Crippen molar-refractivity contribution in [3.8, 4) is 0 Å². The van der Waals surface area contributed by atoms with E-state index in [0.29, 0.717) is 6.42 Å². The van der Waals surface area contributed by atoms with Gasteiger partial charge in [-0.25, -0.2) is 8.78 Å². The van der Waals surface area contributed by atoms with Gasteiger partial charge in [0.15, 0.2) is 11.6 Å². The van der Waals surface area contributed by atoms with Crippen LogP contribution in [0.3, 0.4) is 0 Å². The molecular weight excluding hydrogens is 238 g/mol. The number of esters is 1. The van der Waals surface area contributed by atoms with E-state index in [1.165, 1.54) is 26.2 Å². The van der Waals surface area contributed by atoms with Gasteiger partial charge >= 0.3 is 5.97 Å². The molecule has 2 nitrogen and oxygen atoms in total. The monoisotopic (exact) mass is 256 g/mol. The Morgan fingerprint density at radius 1 is 1.33 bits per heavy atom. The van der Waals surface area contributed by atoms with E-state index < -0.39 is 23.5 Å². The maximum absolute atomic E-state index is 13.9. The molecule has 0 heterocycles. The number of benzene rings is 1. The van der Waals surface area contributed by atoms with Crippen LogP contribution in [-0.4, -0.2) is 13.1 Å². The number of hydrogen-bond donors (Lipinski definition) is 0. The van der Waals surface area contributed by atoms with Gasteiger partial charge in [-0.1, -0.05) is 31.9 Å². The Bertz CT molecular complexity index is 430. The molecule has 1 rings (SSSR count). The summed E-state index contributed by atoms with van der Waals surface area (Å²) in [4.78, 5) is 11.7. The lowest BCUT2D eigenvalue weighted by Gasteiger charge is -2.16. The highest BCUT2D eigenvalue weighted by Crippen LogP contribution is 2.28. The van der Waals surface area contributed by atoms with Crippen LogP contribution < -0.4 is 0 Å². The van der Waals surface area contributed by atoms with Gasteiger partial charge in [0.05, 0.1) is 13.0 Å². The normalized spacial score (nSPS) is 12.3. The van der Waals surface area contributed by atoms with Crippen LogP contribution in [0.25, 0.3) is 0 Å². The van der Waals surface area contributed by atoms with E-state index in [1.54, 1.807) is 0 Å². The summed E-state index contributed by atoms with van der Waals surface area (Å²) in [7, 11) is 1.25. The zero-order valence-electron chi connectivity index (χ0n) is 10.9. The molecule has 1 atom stereocenters. The molecule has 1 aromatic carbocycles. The van der Waals surface area contributed by atoms with Gasteiger partial charge in [-0.05, 0) is 18.9 Å². The van der Waals surface area contributed by atoms with Crippen molar-refractivity contribution in [3.05, 3.63) is 34.9 Å². The van der Waals surface area contributed by atoms with Gasteiger partial charge in [0, 0.05) is 5.56 Å². The Balaban J connectivity index is 3.12. The van der Waals surface area contributed by atoms with Crippen molar-refractivity contribution < 1.29 is 18.3 Å². The van der Waals surface area contributed by atoms with Crippen LogP contribution in [0, 0.1) is 18.6 Å². The summed E-state index contributed by atoms with van der Waals surface area (Å²) in [6, 6.07) is 2.95. The first-order valence-electron chi connectivity index (χ1n) is 6.05. The molecule has 0 fully saturated rings. The van der Waals surface area contributed by atoms with E-state index in [9.17, 15) is 13.6 Å². The molecule has 0 aliphatic rings. The molecule has 100 valence electrons. The van der Waals surface area contributed by atoms with Gasteiger partial charge in [0.1, 0.15) is 0 Å². The predicted molar refractivity (Wildman–Crippen MR) is 65.4 cm³/mol. The molecule has 4 heteroatoms. The maximum atomic E-state index is 13.9. The summed E-state index contributed by atoms with van der Waals surface area (Å²) in [5.41, 5.74) is 0.314. The third-order valence-corrected chi connectivity index (χ3v) is 3.01. The minimum absolute atomic E-state index is 0.0819. The molecule has 0 amide bonds. The topological polar surface area (TPSA) is 26.3 Å². The number of carbonyl (C=O) groups excluding carboxylic acids is 1. The van der Waals surface area contributed by atoms with E-state index >= 15 is 0 Å². The second-order valence-electron chi connectivity index (χ2n) is 4.32. The largest absolute Gasteiger partial charge is 0.469 e. The number of rotatable bonds is 5. The number of ether oxygens (including phenoxy) is 1. The van der Waals surface area contributed by atoms with Gasteiger partial charge in [-0.15, -0.1) is 0 Å². The highest BCUT2D eigenvalue weighted by atomic mass is 19.2. The SMILES string of the molecule is CCCCC(C(=O)OC)c1ccc(C)c(F)c1F. The molecule has 0 saturated carbocycles. The minimum Gasteiger partial charge on any atom is -0.469 e. The number of halogens is 2. The lowest BCUT2D eigenvalue weighted by Crippen LogP contribution is -2.16. The zero-order valence-corrected chi connectivity index (χ0v) is 10.9. The average molecular weight is 256 g/mol. The standard InChI is InChI=1S/C14H18F2O2/c1-4-5-6-11(14(17)18-3)10-8-7-9(2)12(15)13(10)16/h7-8,11H,4-6H2,1-3H3. The van der Waals surface area contributed by atoms with Crippen molar-refractivity contribution in [1.82, 2.24) is 0 Å². The highest BCUT2D eigenvalue weighted by molar-refractivity contribution is 5.78.